The molecule has 0 spiro atoms. The molecule has 0 fully saturated rings. The standard InChI is InChI=1S/C19H19NO3/c21-12-6-10-17(14-7-2-1-3-8-14)20-19(22)16-13-23-18-11-5-4-9-15(16)18/h1-5,7-9,11,13,17,21H,6,10,12H2,(H,20,22). The molecule has 3 rings (SSSR count). The third kappa shape index (κ3) is 3.43. The molecule has 2 aromatic carbocycles. The van der Waals surface area contributed by atoms with Gasteiger partial charge in [0.25, 0.3) is 5.91 Å². The largest absolute Gasteiger partial charge is 0.463 e. The number of hydrogen-bond donors (Lipinski definition) is 2. The van der Waals surface area contributed by atoms with Crippen LogP contribution in [0.3, 0.4) is 0 Å². The number of fused-ring (bicyclic) bond motifs is 1. The number of rotatable bonds is 6. The van der Waals surface area contributed by atoms with E-state index in [0.717, 1.165) is 10.9 Å². The topological polar surface area (TPSA) is 62.5 Å². The van der Waals surface area contributed by atoms with Crippen molar-refractivity contribution in [3.05, 3.63) is 72.0 Å². The zero-order valence-electron chi connectivity index (χ0n) is 12.7. The van der Waals surface area contributed by atoms with Gasteiger partial charge in [0.2, 0.25) is 0 Å². The van der Waals surface area contributed by atoms with Gasteiger partial charge in [0.1, 0.15) is 11.8 Å². The molecule has 3 aromatic rings. The minimum atomic E-state index is -0.165. The van der Waals surface area contributed by atoms with E-state index in [1.165, 1.54) is 6.26 Å². The van der Waals surface area contributed by atoms with Crippen LogP contribution in [0.25, 0.3) is 11.0 Å². The van der Waals surface area contributed by atoms with Crippen molar-refractivity contribution in [2.45, 2.75) is 18.9 Å². The highest BCUT2D eigenvalue weighted by atomic mass is 16.3. The first kappa shape index (κ1) is 15.3. The lowest BCUT2D eigenvalue weighted by Crippen LogP contribution is -2.28. The van der Waals surface area contributed by atoms with Gasteiger partial charge >= 0.3 is 0 Å². The summed E-state index contributed by atoms with van der Waals surface area (Å²) in [6, 6.07) is 17.1. The molecular formula is C19H19NO3. The fourth-order valence-electron chi connectivity index (χ4n) is 2.69. The average molecular weight is 309 g/mol. The first-order chi connectivity index (χ1) is 11.3. The van der Waals surface area contributed by atoms with Crippen molar-refractivity contribution in [2.24, 2.45) is 0 Å². The lowest BCUT2D eigenvalue weighted by Gasteiger charge is -2.18. The van der Waals surface area contributed by atoms with Crippen LogP contribution in [-0.2, 0) is 0 Å². The molecule has 1 aromatic heterocycles. The van der Waals surface area contributed by atoms with Gasteiger partial charge in [0.15, 0.2) is 0 Å². The number of carbonyl (C=O) groups excluding carboxylic acids is 1. The smallest absolute Gasteiger partial charge is 0.255 e. The molecular weight excluding hydrogens is 290 g/mol. The lowest BCUT2D eigenvalue weighted by molar-refractivity contribution is 0.0933. The van der Waals surface area contributed by atoms with Crippen LogP contribution in [0, 0.1) is 0 Å². The molecule has 0 saturated carbocycles. The minimum Gasteiger partial charge on any atom is -0.463 e. The van der Waals surface area contributed by atoms with Crippen molar-refractivity contribution in [2.75, 3.05) is 6.61 Å². The minimum absolute atomic E-state index is 0.105. The second kappa shape index (κ2) is 7.11. The molecule has 0 aliphatic carbocycles. The fraction of sp³-hybridized carbons (Fsp3) is 0.211. The van der Waals surface area contributed by atoms with Crippen LogP contribution in [0.5, 0.6) is 0 Å². The summed E-state index contributed by atoms with van der Waals surface area (Å²) in [7, 11) is 0. The fourth-order valence-corrected chi connectivity index (χ4v) is 2.69. The highest BCUT2D eigenvalue weighted by Gasteiger charge is 2.18. The van der Waals surface area contributed by atoms with E-state index in [1.807, 2.05) is 54.6 Å². The van der Waals surface area contributed by atoms with Crippen LogP contribution in [0.2, 0.25) is 0 Å². The number of hydrogen-bond acceptors (Lipinski definition) is 3. The molecule has 4 nitrogen and oxygen atoms in total. The number of nitrogens with one attached hydrogen (secondary N) is 1. The highest BCUT2D eigenvalue weighted by molar-refractivity contribution is 6.06. The Labute approximate surface area is 134 Å². The van der Waals surface area contributed by atoms with Crippen LogP contribution < -0.4 is 5.32 Å². The van der Waals surface area contributed by atoms with Gasteiger partial charge in [-0.2, -0.15) is 0 Å². The lowest BCUT2D eigenvalue weighted by atomic mass is 10.0. The Bertz CT molecular complexity index is 779. The Balaban J connectivity index is 1.83. The van der Waals surface area contributed by atoms with E-state index in [-0.39, 0.29) is 18.6 Å². The molecule has 0 bridgehead atoms. The van der Waals surface area contributed by atoms with E-state index < -0.39 is 0 Å². The average Bonchev–Trinajstić information content (AvgIpc) is 3.03. The third-order valence-corrected chi connectivity index (χ3v) is 3.88. The first-order valence-electron chi connectivity index (χ1n) is 7.72. The van der Waals surface area contributed by atoms with E-state index in [4.69, 9.17) is 9.52 Å². The predicted molar refractivity (Wildman–Crippen MR) is 89.2 cm³/mol. The van der Waals surface area contributed by atoms with Crippen molar-refractivity contribution in [1.82, 2.24) is 5.32 Å². The van der Waals surface area contributed by atoms with Gasteiger partial charge in [-0.15, -0.1) is 0 Å². The van der Waals surface area contributed by atoms with Crippen molar-refractivity contribution in [3.63, 3.8) is 0 Å². The summed E-state index contributed by atoms with van der Waals surface area (Å²) < 4.78 is 5.44. The van der Waals surface area contributed by atoms with Crippen molar-refractivity contribution < 1.29 is 14.3 Å². The molecule has 1 unspecified atom stereocenters. The molecule has 1 atom stereocenters. The van der Waals surface area contributed by atoms with Gasteiger partial charge < -0.3 is 14.8 Å². The van der Waals surface area contributed by atoms with Gasteiger partial charge in [0, 0.05) is 12.0 Å². The Morgan fingerprint density at radius 1 is 1.09 bits per heavy atom. The Kier molecular flexibility index (Phi) is 4.74. The SMILES string of the molecule is O=C(NC(CCCO)c1ccccc1)c1coc2ccccc12. The first-order valence-corrected chi connectivity index (χ1v) is 7.72. The zero-order valence-corrected chi connectivity index (χ0v) is 12.7. The molecule has 2 N–H and O–H groups in total. The maximum absolute atomic E-state index is 12.6. The summed E-state index contributed by atoms with van der Waals surface area (Å²) >= 11 is 0. The van der Waals surface area contributed by atoms with Crippen molar-refractivity contribution in [1.29, 1.82) is 0 Å². The van der Waals surface area contributed by atoms with Gasteiger partial charge in [0.05, 0.1) is 11.6 Å². The summed E-state index contributed by atoms with van der Waals surface area (Å²) in [6.45, 7) is 0.105. The van der Waals surface area contributed by atoms with Crippen molar-refractivity contribution >= 4 is 16.9 Å². The predicted octanol–water partition coefficient (Wildman–Crippen LogP) is 3.68. The summed E-state index contributed by atoms with van der Waals surface area (Å²) in [5.74, 6) is -0.165. The number of aliphatic hydroxyl groups excluding tert-OH is 1. The highest BCUT2D eigenvalue weighted by Crippen LogP contribution is 2.23. The number of para-hydroxylation sites is 1. The maximum atomic E-state index is 12.6. The molecule has 1 amide bonds. The quantitative estimate of drug-likeness (QED) is 0.730. The normalized spacial score (nSPS) is 12.2. The Morgan fingerprint density at radius 3 is 2.61 bits per heavy atom. The van der Waals surface area contributed by atoms with E-state index in [2.05, 4.69) is 5.32 Å². The second-order valence-corrected chi connectivity index (χ2v) is 5.45. The molecule has 0 aliphatic rings. The number of carbonyl (C=O) groups is 1. The van der Waals surface area contributed by atoms with Gasteiger partial charge in [-0.25, -0.2) is 0 Å². The van der Waals surface area contributed by atoms with Gasteiger partial charge in [-0.1, -0.05) is 48.5 Å². The van der Waals surface area contributed by atoms with Crippen molar-refractivity contribution in [3.8, 4) is 0 Å². The van der Waals surface area contributed by atoms with Crippen LogP contribution in [-0.4, -0.2) is 17.6 Å². The van der Waals surface area contributed by atoms with Gasteiger partial charge in [-0.3, -0.25) is 4.79 Å². The summed E-state index contributed by atoms with van der Waals surface area (Å²) in [6.07, 6.45) is 2.81. The summed E-state index contributed by atoms with van der Waals surface area (Å²) in [5, 5.41) is 13.0. The third-order valence-electron chi connectivity index (χ3n) is 3.88. The number of benzene rings is 2. The molecule has 0 aliphatic heterocycles. The van der Waals surface area contributed by atoms with E-state index >= 15 is 0 Å². The molecule has 118 valence electrons. The number of aliphatic hydroxyl groups is 1. The monoisotopic (exact) mass is 309 g/mol. The van der Waals surface area contributed by atoms with Crippen LogP contribution in [0.1, 0.15) is 34.8 Å². The van der Waals surface area contributed by atoms with E-state index in [1.54, 1.807) is 0 Å². The molecule has 4 heteroatoms. The Morgan fingerprint density at radius 2 is 1.83 bits per heavy atom. The van der Waals surface area contributed by atoms with Crippen LogP contribution >= 0.6 is 0 Å². The Hall–Kier alpha value is -2.59. The van der Waals surface area contributed by atoms with E-state index in [9.17, 15) is 4.79 Å². The molecule has 1 heterocycles. The zero-order chi connectivity index (χ0) is 16.1. The van der Waals surface area contributed by atoms with Crippen LogP contribution in [0.15, 0.2) is 65.3 Å². The number of amides is 1. The van der Waals surface area contributed by atoms with Gasteiger partial charge in [-0.05, 0) is 24.5 Å². The van der Waals surface area contributed by atoms with E-state index in [0.29, 0.717) is 24.0 Å². The van der Waals surface area contributed by atoms with Crippen LogP contribution in [0.4, 0.5) is 0 Å². The molecule has 0 saturated heterocycles. The second-order valence-electron chi connectivity index (χ2n) is 5.45. The number of furan rings is 1. The molecule has 0 radical (unpaired) electrons. The molecule has 23 heavy (non-hydrogen) atoms. The summed E-state index contributed by atoms with van der Waals surface area (Å²) in [5.41, 5.74) is 2.26. The summed E-state index contributed by atoms with van der Waals surface area (Å²) in [4.78, 5) is 12.6. The maximum Gasteiger partial charge on any atom is 0.255 e.